The molecule has 0 radical (unpaired) electrons. The molecule has 1 aliphatic carbocycles. The summed E-state index contributed by atoms with van der Waals surface area (Å²) in [6.45, 7) is 19.5. The van der Waals surface area contributed by atoms with Crippen molar-refractivity contribution in [3.63, 3.8) is 0 Å². The van der Waals surface area contributed by atoms with Crippen molar-refractivity contribution in [2.24, 2.45) is 23.5 Å². The molecule has 8 heteroatoms. The van der Waals surface area contributed by atoms with Gasteiger partial charge in [0.25, 0.3) is 0 Å². The number of nitrogens with one attached hydrogen (secondary N) is 2. The Balaban J connectivity index is -0.000000699. The summed E-state index contributed by atoms with van der Waals surface area (Å²) in [5.74, 6) is 4.42. The third-order valence-corrected chi connectivity index (χ3v) is 7.65. The monoisotopic (exact) mass is 652 g/mol. The molecule has 0 bridgehead atoms. The van der Waals surface area contributed by atoms with E-state index in [2.05, 4.69) is 77.2 Å². The number of rotatable bonds is 13. The van der Waals surface area contributed by atoms with Crippen LogP contribution in [-0.4, -0.2) is 57.9 Å². The molecule has 0 aliphatic heterocycles. The van der Waals surface area contributed by atoms with E-state index < -0.39 is 28.9 Å². The zero-order valence-corrected chi connectivity index (χ0v) is 31.0. The number of nitrogens with two attached hydrogens (primary N) is 1. The molecule has 2 amide bonds. The summed E-state index contributed by atoms with van der Waals surface area (Å²) in [5.41, 5.74) is 6.62. The maximum Gasteiger partial charge on any atom is 0.243 e. The number of aliphatic hydroxyl groups excluding tert-OH is 1. The Hall–Kier alpha value is -2.21. The smallest absolute Gasteiger partial charge is 0.243 e. The number of aliphatic hydroxyl groups is 1. The van der Waals surface area contributed by atoms with E-state index in [9.17, 15) is 18.9 Å². The molecule has 45 heavy (non-hydrogen) atoms. The third kappa shape index (κ3) is 36.1. The fourth-order valence-corrected chi connectivity index (χ4v) is 4.72. The predicted octanol–water partition coefficient (Wildman–Crippen LogP) is 6.78. The maximum absolute atomic E-state index is 12.1. The number of benzene rings is 1. The van der Waals surface area contributed by atoms with E-state index in [0.717, 1.165) is 18.3 Å². The number of hydrogen-bond acceptors (Lipinski definition) is 5. The van der Waals surface area contributed by atoms with Crippen LogP contribution in [0.15, 0.2) is 30.3 Å². The molecule has 0 heterocycles. The van der Waals surface area contributed by atoms with Crippen molar-refractivity contribution in [3.05, 3.63) is 35.9 Å². The summed E-state index contributed by atoms with van der Waals surface area (Å²) in [4.78, 5) is 24.0. The van der Waals surface area contributed by atoms with Crippen molar-refractivity contribution in [1.29, 1.82) is 0 Å². The van der Waals surface area contributed by atoms with E-state index in [4.69, 9.17) is 12.2 Å². The molecule has 1 aliphatic rings. The van der Waals surface area contributed by atoms with Gasteiger partial charge in [0, 0.05) is 48.2 Å². The highest BCUT2D eigenvalue weighted by atomic mass is 32.2. The van der Waals surface area contributed by atoms with E-state index in [1.54, 1.807) is 0 Å². The molecule has 1 saturated carbocycles. The van der Waals surface area contributed by atoms with Gasteiger partial charge in [0.2, 0.25) is 11.8 Å². The first-order chi connectivity index (χ1) is 21.3. The second-order valence-corrected chi connectivity index (χ2v) is 14.1. The minimum absolute atomic E-state index is 0.0397. The van der Waals surface area contributed by atoms with Gasteiger partial charge in [-0.05, 0) is 37.5 Å². The highest BCUT2D eigenvalue weighted by Gasteiger charge is 2.20. The van der Waals surface area contributed by atoms with E-state index in [1.807, 2.05) is 32.0 Å². The molecule has 262 valence electrons. The average molecular weight is 652 g/mol. The van der Waals surface area contributed by atoms with Crippen LogP contribution >= 0.6 is 0 Å². The van der Waals surface area contributed by atoms with Crippen molar-refractivity contribution in [2.75, 3.05) is 24.6 Å². The second-order valence-electron chi connectivity index (χ2n) is 12.4. The molecule has 2 rings (SSSR count). The Bertz CT molecular complexity index is 879. The van der Waals surface area contributed by atoms with Crippen LogP contribution in [0.5, 0.6) is 0 Å². The number of terminal acetylenes is 1. The summed E-state index contributed by atoms with van der Waals surface area (Å²) in [6, 6.07) is 9.40. The zero-order chi connectivity index (χ0) is 35.0. The molecule has 0 saturated heterocycles. The lowest BCUT2D eigenvalue weighted by atomic mass is 9.91. The Morgan fingerprint density at radius 3 is 1.98 bits per heavy atom. The Labute approximate surface area is 280 Å². The normalized spacial score (nSPS) is 14.2. The first kappa shape index (κ1) is 47.2. The maximum atomic E-state index is 12.1. The van der Waals surface area contributed by atoms with Gasteiger partial charge in [-0.25, -0.2) is 0 Å². The lowest BCUT2D eigenvalue weighted by Gasteiger charge is -2.18. The lowest BCUT2D eigenvalue weighted by molar-refractivity contribution is -0.129. The Kier molecular flexibility index (Phi) is 34.8. The highest BCUT2D eigenvalue weighted by molar-refractivity contribution is 7.85. The quantitative estimate of drug-likeness (QED) is 0.175. The van der Waals surface area contributed by atoms with Crippen molar-refractivity contribution in [1.82, 2.24) is 10.6 Å². The van der Waals surface area contributed by atoms with Gasteiger partial charge in [0.05, 0.1) is 6.10 Å². The minimum Gasteiger partial charge on any atom is -0.391 e. The molecular formula is C37H69N3O4S. The van der Waals surface area contributed by atoms with Crippen LogP contribution < -0.4 is 16.4 Å². The van der Waals surface area contributed by atoms with Crippen molar-refractivity contribution < 1.29 is 18.9 Å². The molecule has 1 fully saturated rings. The van der Waals surface area contributed by atoms with Gasteiger partial charge in [-0.1, -0.05) is 123 Å². The molecule has 1 aromatic rings. The molecular weight excluding hydrogens is 582 g/mol. The number of hydrogen-bond donors (Lipinski definition) is 4. The van der Waals surface area contributed by atoms with Crippen LogP contribution in [0.2, 0.25) is 0 Å². The molecule has 0 spiro atoms. The zero-order valence-electron chi connectivity index (χ0n) is 30.2. The van der Waals surface area contributed by atoms with Gasteiger partial charge in [-0.15, -0.1) is 12.3 Å². The molecule has 0 aromatic heterocycles. The predicted molar refractivity (Wildman–Crippen MR) is 195 cm³/mol. The number of carbonyl (C=O) groups excluding carboxylic acids is 2. The molecule has 5 N–H and O–H groups in total. The number of amides is 2. The minimum atomic E-state index is -1.15. The fraction of sp³-hybridized carbons (Fsp3) is 0.730. The van der Waals surface area contributed by atoms with Gasteiger partial charge in [-0.3, -0.25) is 13.8 Å². The largest absolute Gasteiger partial charge is 0.391 e. The van der Waals surface area contributed by atoms with E-state index in [-0.39, 0.29) is 31.0 Å². The van der Waals surface area contributed by atoms with Gasteiger partial charge >= 0.3 is 0 Å². The van der Waals surface area contributed by atoms with E-state index in [1.165, 1.54) is 37.7 Å². The van der Waals surface area contributed by atoms with Gasteiger partial charge < -0.3 is 21.5 Å². The summed E-state index contributed by atoms with van der Waals surface area (Å²) >= 11 is 0. The van der Waals surface area contributed by atoms with Crippen LogP contribution in [0.4, 0.5) is 0 Å². The van der Waals surface area contributed by atoms with Crippen molar-refractivity contribution >= 4 is 22.6 Å². The van der Waals surface area contributed by atoms with Gasteiger partial charge in [-0.2, -0.15) is 0 Å². The van der Waals surface area contributed by atoms with E-state index >= 15 is 0 Å². The molecule has 1 unspecified atom stereocenters. The molecule has 1 aromatic carbocycles. The first-order valence-electron chi connectivity index (χ1n) is 17.1. The third-order valence-electron chi connectivity index (χ3n) is 6.30. The van der Waals surface area contributed by atoms with Crippen LogP contribution in [0, 0.1) is 37.0 Å². The van der Waals surface area contributed by atoms with Crippen LogP contribution in [0.1, 0.15) is 119 Å². The fourth-order valence-electron chi connectivity index (χ4n) is 3.84. The van der Waals surface area contributed by atoms with Gasteiger partial charge in [0.1, 0.15) is 6.04 Å². The van der Waals surface area contributed by atoms with E-state index in [0.29, 0.717) is 24.6 Å². The first-order valence-corrected chi connectivity index (χ1v) is 18.6. The SMILES string of the molecule is C#CC[C@H](NC(=O)CCS(=O)CCN)C(=O)NC[C@@H](O)CCC(C)C.CC.CC(C)C.CC1CCCCC1.Cc1ccccc1. The summed E-state index contributed by atoms with van der Waals surface area (Å²) in [7, 11) is -1.15. The second kappa shape index (κ2) is 33.2. The molecule has 7 nitrogen and oxygen atoms in total. The highest BCUT2D eigenvalue weighted by Crippen LogP contribution is 2.22. The van der Waals surface area contributed by atoms with Gasteiger partial charge in [0.15, 0.2) is 0 Å². The average Bonchev–Trinajstić information content (AvgIpc) is 3.00. The topological polar surface area (TPSA) is 122 Å². The van der Waals surface area contributed by atoms with Crippen molar-refractivity contribution in [2.45, 2.75) is 132 Å². The Morgan fingerprint density at radius 1 is 1.02 bits per heavy atom. The summed E-state index contributed by atoms with van der Waals surface area (Å²) in [6.07, 6.45) is 13.6. The van der Waals surface area contributed by atoms with Crippen LogP contribution in [0.3, 0.4) is 0 Å². The standard InChI is InChI=1S/C17H31N3O4S.C7H14.C7H8.C4H10.C2H6/c1-4-5-15(20-16(22)8-10-25(24)11-9-18)17(23)19-12-14(21)7-6-13(2)3;2*1-7-5-3-2-4-6-7;1-4(2)3;1-2/h1,13-15,21H,5-12,18H2,2-3H3,(H,19,23)(H,20,22);7H,2-6H2,1H3;2-6H,1H3;4H,1-3H3;1-2H3/t14-,15-,25?;;;;/m0..../s1. The summed E-state index contributed by atoms with van der Waals surface area (Å²) in [5, 5.41) is 15.0. The van der Waals surface area contributed by atoms with Crippen LogP contribution in [0.25, 0.3) is 0 Å². The molecule has 3 atom stereocenters. The lowest BCUT2D eigenvalue weighted by Crippen LogP contribution is -2.48. The number of carbonyl (C=O) groups is 2. The van der Waals surface area contributed by atoms with Crippen LogP contribution in [-0.2, 0) is 20.4 Å². The Morgan fingerprint density at radius 2 is 1.58 bits per heavy atom. The van der Waals surface area contributed by atoms with Crippen molar-refractivity contribution in [3.8, 4) is 12.3 Å². The number of aryl methyl sites for hydroxylation is 1. The summed E-state index contributed by atoms with van der Waals surface area (Å²) < 4.78 is 11.5.